The van der Waals surface area contributed by atoms with E-state index in [4.69, 9.17) is 14.2 Å². The van der Waals surface area contributed by atoms with Crippen LogP contribution in [0.3, 0.4) is 0 Å². The lowest BCUT2D eigenvalue weighted by molar-refractivity contribution is 0.0699. The van der Waals surface area contributed by atoms with Gasteiger partial charge in [-0.05, 0) is 48.7 Å². The zero-order chi connectivity index (χ0) is 23.2. The van der Waals surface area contributed by atoms with Crippen LogP contribution in [0.15, 0.2) is 72.8 Å². The van der Waals surface area contributed by atoms with Crippen LogP contribution < -0.4 is 14.2 Å². The fourth-order valence-electron chi connectivity index (χ4n) is 3.76. The number of hydrogen-bond acceptors (Lipinski definition) is 5. The summed E-state index contributed by atoms with van der Waals surface area (Å²) in [4.78, 5) is 16.6. The van der Waals surface area contributed by atoms with Crippen LogP contribution in [0.1, 0.15) is 22.3 Å². The smallest absolute Gasteiger partial charge is 0.336 e. The van der Waals surface area contributed by atoms with Crippen molar-refractivity contribution in [1.29, 1.82) is 0 Å². The van der Waals surface area contributed by atoms with Gasteiger partial charge in [0.2, 0.25) is 0 Å². The molecule has 0 aliphatic rings. The highest BCUT2D eigenvalue weighted by Gasteiger charge is 2.17. The number of fused-ring (bicyclic) bond motifs is 1. The van der Waals surface area contributed by atoms with Crippen LogP contribution >= 0.6 is 0 Å². The number of carboxylic acids is 1. The molecule has 4 aromatic rings. The minimum Gasteiger partial charge on any atom is -0.494 e. The molecule has 0 saturated heterocycles. The molecule has 0 aliphatic heterocycles. The summed E-state index contributed by atoms with van der Waals surface area (Å²) in [6.45, 7) is 0.555. The number of nitrogens with zero attached hydrogens (tertiary/aromatic N) is 1. The topological polar surface area (TPSA) is 77.9 Å². The van der Waals surface area contributed by atoms with Crippen molar-refractivity contribution in [3.05, 3.63) is 83.9 Å². The summed E-state index contributed by atoms with van der Waals surface area (Å²) in [5.74, 6) is 0.682. The number of benzene rings is 3. The first-order valence-corrected chi connectivity index (χ1v) is 10.7. The Morgan fingerprint density at radius 1 is 0.879 bits per heavy atom. The summed E-state index contributed by atoms with van der Waals surface area (Å²) in [6.07, 6.45) is 1.81. The number of ether oxygens (including phenoxy) is 3. The molecule has 0 unspecified atom stereocenters. The predicted octanol–water partition coefficient (Wildman–Crippen LogP) is 5.63. The number of para-hydroxylation sites is 1. The third kappa shape index (κ3) is 4.90. The van der Waals surface area contributed by atoms with E-state index in [1.54, 1.807) is 31.4 Å². The van der Waals surface area contributed by atoms with Crippen LogP contribution in [0.2, 0.25) is 0 Å². The number of carbonyl (C=O) groups is 1. The molecule has 0 amide bonds. The summed E-state index contributed by atoms with van der Waals surface area (Å²) in [5, 5.41) is 10.3. The number of aryl methyl sites for hydroxylation is 1. The van der Waals surface area contributed by atoms with Gasteiger partial charge in [0.1, 0.15) is 11.3 Å². The number of pyridine rings is 1. The average molecular weight is 443 g/mol. The molecule has 0 fully saturated rings. The highest BCUT2D eigenvalue weighted by atomic mass is 16.5. The van der Waals surface area contributed by atoms with Crippen molar-refractivity contribution in [2.24, 2.45) is 0 Å². The molecule has 1 N–H and O–H groups in total. The van der Waals surface area contributed by atoms with E-state index in [0.717, 1.165) is 18.4 Å². The van der Waals surface area contributed by atoms with Gasteiger partial charge >= 0.3 is 5.97 Å². The normalized spacial score (nSPS) is 10.7. The molecule has 0 spiro atoms. The Labute approximate surface area is 192 Å². The Bertz CT molecular complexity index is 1270. The molecule has 0 atom stereocenters. The van der Waals surface area contributed by atoms with Gasteiger partial charge in [-0.2, -0.15) is 0 Å². The molecular formula is C27H25NO5. The number of aromatic nitrogens is 1. The summed E-state index contributed by atoms with van der Waals surface area (Å²) in [5.41, 5.74) is 3.16. The Kier molecular flexibility index (Phi) is 6.74. The minimum atomic E-state index is -1.03. The van der Waals surface area contributed by atoms with E-state index >= 15 is 0 Å². The molecule has 0 radical (unpaired) electrons. The zero-order valence-electron chi connectivity index (χ0n) is 18.6. The average Bonchev–Trinajstić information content (AvgIpc) is 2.86. The standard InChI is InChI=1S/C27H25NO5/c1-31-24-12-6-11-20-21(27(29)30)17-22(28-26(20)24)19-13-14-23(25(16-19)32-2)33-15-7-10-18-8-4-3-5-9-18/h3-6,8-9,11-14,16-17H,7,10,15H2,1-2H3,(H,29,30). The Morgan fingerprint density at radius 3 is 2.39 bits per heavy atom. The molecule has 6 heteroatoms. The van der Waals surface area contributed by atoms with Gasteiger partial charge in [0.25, 0.3) is 0 Å². The number of carboxylic acid groups (broad SMARTS) is 1. The van der Waals surface area contributed by atoms with Crippen LogP contribution in [0.4, 0.5) is 0 Å². The minimum absolute atomic E-state index is 0.161. The van der Waals surface area contributed by atoms with Gasteiger partial charge in [-0.1, -0.05) is 42.5 Å². The monoisotopic (exact) mass is 443 g/mol. The number of methoxy groups -OCH3 is 2. The van der Waals surface area contributed by atoms with Gasteiger partial charge < -0.3 is 19.3 Å². The first-order valence-electron chi connectivity index (χ1n) is 10.7. The van der Waals surface area contributed by atoms with Gasteiger partial charge in [-0.3, -0.25) is 0 Å². The lowest BCUT2D eigenvalue weighted by atomic mass is 10.0. The molecule has 1 heterocycles. The molecule has 168 valence electrons. The quantitative estimate of drug-likeness (QED) is 0.338. The highest BCUT2D eigenvalue weighted by Crippen LogP contribution is 2.35. The maximum absolute atomic E-state index is 11.9. The van der Waals surface area contributed by atoms with Crippen molar-refractivity contribution in [2.45, 2.75) is 12.8 Å². The van der Waals surface area contributed by atoms with Crippen molar-refractivity contribution in [3.8, 4) is 28.5 Å². The molecule has 6 nitrogen and oxygen atoms in total. The fraction of sp³-hybridized carbons (Fsp3) is 0.185. The molecule has 4 rings (SSSR count). The van der Waals surface area contributed by atoms with E-state index in [2.05, 4.69) is 17.1 Å². The third-order valence-electron chi connectivity index (χ3n) is 5.42. The van der Waals surface area contributed by atoms with E-state index < -0.39 is 5.97 Å². The largest absolute Gasteiger partial charge is 0.494 e. The molecule has 1 aromatic heterocycles. The Morgan fingerprint density at radius 2 is 1.67 bits per heavy atom. The summed E-state index contributed by atoms with van der Waals surface area (Å²) in [6, 6.07) is 22.6. The van der Waals surface area contributed by atoms with E-state index in [9.17, 15) is 9.90 Å². The molecule has 0 aliphatic carbocycles. The Hall–Kier alpha value is -4.06. The Balaban J connectivity index is 1.60. The van der Waals surface area contributed by atoms with Crippen molar-refractivity contribution >= 4 is 16.9 Å². The lowest BCUT2D eigenvalue weighted by Gasteiger charge is -2.14. The van der Waals surface area contributed by atoms with Crippen LogP contribution in [0, 0.1) is 0 Å². The van der Waals surface area contributed by atoms with Crippen molar-refractivity contribution < 1.29 is 24.1 Å². The lowest BCUT2D eigenvalue weighted by Crippen LogP contribution is -2.02. The number of rotatable bonds is 9. The zero-order valence-corrected chi connectivity index (χ0v) is 18.6. The summed E-state index contributed by atoms with van der Waals surface area (Å²) >= 11 is 0. The SMILES string of the molecule is COc1cc(-c2cc(C(=O)O)c3cccc(OC)c3n2)ccc1OCCCc1ccccc1. The van der Waals surface area contributed by atoms with Crippen molar-refractivity contribution in [3.63, 3.8) is 0 Å². The van der Waals surface area contributed by atoms with Gasteiger partial charge in [0.15, 0.2) is 11.5 Å². The predicted molar refractivity (Wildman–Crippen MR) is 128 cm³/mol. The molecule has 3 aromatic carbocycles. The van der Waals surface area contributed by atoms with E-state index in [1.165, 1.54) is 12.7 Å². The van der Waals surface area contributed by atoms with Crippen LogP contribution in [0.5, 0.6) is 17.2 Å². The second-order valence-electron chi connectivity index (χ2n) is 7.52. The van der Waals surface area contributed by atoms with Gasteiger partial charge in [-0.25, -0.2) is 9.78 Å². The van der Waals surface area contributed by atoms with Crippen LogP contribution in [0.25, 0.3) is 22.2 Å². The number of aromatic carboxylic acids is 1. The van der Waals surface area contributed by atoms with Gasteiger partial charge in [-0.15, -0.1) is 0 Å². The first kappa shape index (κ1) is 22.1. The molecule has 0 saturated carbocycles. The van der Waals surface area contributed by atoms with E-state index in [1.807, 2.05) is 36.4 Å². The van der Waals surface area contributed by atoms with Crippen LogP contribution in [-0.4, -0.2) is 36.9 Å². The maximum Gasteiger partial charge on any atom is 0.336 e. The second kappa shape index (κ2) is 10.0. The molecular weight excluding hydrogens is 418 g/mol. The van der Waals surface area contributed by atoms with E-state index in [-0.39, 0.29) is 5.56 Å². The van der Waals surface area contributed by atoms with Crippen molar-refractivity contribution in [2.75, 3.05) is 20.8 Å². The first-order chi connectivity index (χ1) is 16.1. The summed E-state index contributed by atoms with van der Waals surface area (Å²) < 4.78 is 16.9. The van der Waals surface area contributed by atoms with Crippen LogP contribution in [-0.2, 0) is 6.42 Å². The third-order valence-corrected chi connectivity index (χ3v) is 5.42. The van der Waals surface area contributed by atoms with E-state index in [0.29, 0.717) is 40.5 Å². The summed E-state index contributed by atoms with van der Waals surface area (Å²) in [7, 11) is 3.12. The molecule has 0 bridgehead atoms. The van der Waals surface area contributed by atoms with Gasteiger partial charge in [0, 0.05) is 10.9 Å². The number of hydrogen-bond donors (Lipinski definition) is 1. The van der Waals surface area contributed by atoms with Gasteiger partial charge in [0.05, 0.1) is 32.1 Å². The molecule has 33 heavy (non-hydrogen) atoms. The second-order valence-corrected chi connectivity index (χ2v) is 7.52. The maximum atomic E-state index is 11.9. The fourth-order valence-corrected chi connectivity index (χ4v) is 3.76. The van der Waals surface area contributed by atoms with Crippen molar-refractivity contribution in [1.82, 2.24) is 4.98 Å². The highest BCUT2D eigenvalue weighted by molar-refractivity contribution is 6.05.